The van der Waals surface area contributed by atoms with Crippen LogP contribution in [-0.4, -0.2) is 66.3 Å². The Balaban J connectivity index is 1.48. The Morgan fingerprint density at radius 3 is 2.68 bits per heavy atom. The van der Waals surface area contributed by atoms with Gasteiger partial charge in [-0.15, -0.1) is 11.3 Å². The second kappa shape index (κ2) is 8.58. The molecule has 0 radical (unpaired) electrons. The number of nitrogens with zero attached hydrogens (tertiary/aromatic N) is 2. The van der Waals surface area contributed by atoms with Gasteiger partial charge in [-0.2, -0.15) is 0 Å². The van der Waals surface area contributed by atoms with Gasteiger partial charge in [0.05, 0.1) is 18.1 Å². The largest absolute Gasteiger partial charge is 0.378 e. The van der Waals surface area contributed by atoms with Crippen molar-refractivity contribution in [2.45, 2.75) is 38.1 Å². The SMILES string of the molecule is O=C(CCCC(=O)N1CCC[C@H]1C(=O)N1CCOCC1)c1cccs1. The predicted octanol–water partition coefficient (Wildman–Crippen LogP) is 1.95. The maximum atomic E-state index is 12.7. The summed E-state index contributed by atoms with van der Waals surface area (Å²) in [5, 5.41) is 1.88. The van der Waals surface area contributed by atoms with Crippen LogP contribution in [-0.2, 0) is 14.3 Å². The monoisotopic (exact) mass is 364 g/mol. The Bertz CT molecular complexity index is 611. The molecule has 2 aliphatic heterocycles. The molecule has 0 aromatic carbocycles. The van der Waals surface area contributed by atoms with E-state index in [-0.39, 0.29) is 23.6 Å². The van der Waals surface area contributed by atoms with Gasteiger partial charge in [0.25, 0.3) is 0 Å². The van der Waals surface area contributed by atoms with Crippen molar-refractivity contribution in [3.05, 3.63) is 22.4 Å². The van der Waals surface area contributed by atoms with Crippen molar-refractivity contribution in [1.82, 2.24) is 9.80 Å². The Hall–Kier alpha value is -1.73. The Labute approximate surface area is 151 Å². The Morgan fingerprint density at radius 2 is 1.96 bits per heavy atom. The van der Waals surface area contributed by atoms with Crippen LogP contribution in [0.5, 0.6) is 0 Å². The number of rotatable bonds is 6. The van der Waals surface area contributed by atoms with Gasteiger partial charge in [-0.05, 0) is 30.7 Å². The summed E-state index contributed by atoms with van der Waals surface area (Å²) in [4.78, 5) is 41.5. The second-order valence-corrected chi connectivity index (χ2v) is 7.38. The van der Waals surface area contributed by atoms with E-state index in [1.165, 1.54) is 11.3 Å². The summed E-state index contributed by atoms with van der Waals surface area (Å²) < 4.78 is 5.29. The van der Waals surface area contributed by atoms with Crippen molar-refractivity contribution in [2.75, 3.05) is 32.8 Å². The summed E-state index contributed by atoms with van der Waals surface area (Å²) in [6.07, 6.45) is 2.83. The van der Waals surface area contributed by atoms with Crippen molar-refractivity contribution in [1.29, 1.82) is 0 Å². The van der Waals surface area contributed by atoms with Crippen LogP contribution in [0.4, 0.5) is 0 Å². The number of carbonyl (C=O) groups is 3. The standard InChI is InChI=1S/C18H24N2O4S/c21-15(16-6-3-13-25-16)5-1-7-17(22)20-8-2-4-14(20)18(23)19-9-11-24-12-10-19/h3,6,13-14H,1-2,4-5,7-12H2/t14-/m0/s1. The first kappa shape index (κ1) is 18.1. The van der Waals surface area contributed by atoms with Crippen LogP contribution in [0.3, 0.4) is 0 Å². The number of hydrogen-bond acceptors (Lipinski definition) is 5. The molecule has 1 aromatic heterocycles. The van der Waals surface area contributed by atoms with Gasteiger partial charge < -0.3 is 14.5 Å². The summed E-state index contributed by atoms with van der Waals surface area (Å²) in [5.41, 5.74) is 0. The highest BCUT2D eigenvalue weighted by Gasteiger charge is 2.36. The molecule has 3 rings (SSSR count). The molecule has 0 spiro atoms. The summed E-state index contributed by atoms with van der Waals surface area (Å²) in [5.74, 6) is 0.122. The third-order valence-electron chi connectivity index (χ3n) is 4.77. The lowest BCUT2D eigenvalue weighted by molar-refractivity contribution is -0.146. The van der Waals surface area contributed by atoms with E-state index in [2.05, 4.69) is 0 Å². The molecule has 2 aliphatic rings. The number of ether oxygens (including phenoxy) is 1. The number of carbonyl (C=O) groups excluding carboxylic acids is 3. The third kappa shape index (κ3) is 4.46. The lowest BCUT2D eigenvalue weighted by Crippen LogP contribution is -2.51. The summed E-state index contributed by atoms with van der Waals surface area (Å²) >= 11 is 1.43. The zero-order valence-electron chi connectivity index (χ0n) is 14.3. The van der Waals surface area contributed by atoms with Gasteiger partial charge in [-0.25, -0.2) is 0 Å². The fourth-order valence-corrected chi connectivity index (χ4v) is 4.12. The van der Waals surface area contributed by atoms with Crippen molar-refractivity contribution in [3.63, 3.8) is 0 Å². The molecule has 1 atom stereocenters. The fourth-order valence-electron chi connectivity index (χ4n) is 3.42. The van der Waals surface area contributed by atoms with Crippen molar-refractivity contribution in [2.24, 2.45) is 0 Å². The first-order valence-electron chi connectivity index (χ1n) is 8.89. The van der Waals surface area contributed by atoms with E-state index in [0.29, 0.717) is 52.1 Å². The molecular formula is C18H24N2O4S. The molecule has 0 N–H and O–H groups in total. The maximum absolute atomic E-state index is 12.7. The van der Waals surface area contributed by atoms with Crippen LogP contribution in [0.15, 0.2) is 17.5 Å². The zero-order valence-corrected chi connectivity index (χ0v) is 15.1. The van der Waals surface area contributed by atoms with Crippen LogP contribution >= 0.6 is 11.3 Å². The third-order valence-corrected chi connectivity index (χ3v) is 5.68. The molecular weight excluding hydrogens is 340 g/mol. The van der Waals surface area contributed by atoms with E-state index in [1.54, 1.807) is 9.80 Å². The van der Waals surface area contributed by atoms with E-state index in [9.17, 15) is 14.4 Å². The van der Waals surface area contributed by atoms with Crippen LogP contribution in [0.1, 0.15) is 41.8 Å². The van der Waals surface area contributed by atoms with Gasteiger partial charge in [0.2, 0.25) is 11.8 Å². The highest BCUT2D eigenvalue weighted by atomic mass is 32.1. The van der Waals surface area contributed by atoms with E-state index in [1.807, 2.05) is 17.5 Å². The molecule has 6 nitrogen and oxygen atoms in total. The minimum atomic E-state index is -0.335. The lowest BCUT2D eigenvalue weighted by Gasteiger charge is -2.32. The Morgan fingerprint density at radius 1 is 1.16 bits per heavy atom. The molecule has 1 aromatic rings. The number of amides is 2. The normalized spacial score (nSPS) is 20.7. The average molecular weight is 364 g/mol. The molecule has 136 valence electrons. The van der Waals surface area contributed by atoms with Gasteiger partial charge in [-0.1, -0.05) is 6.07 Å². The molecule has 7 heteroatoms. The van der Waals surface area contributed by atoms with Crippen molar-refractivity contribution >= 4 is 28.9 Å². The smallest absolute Gasteiger partial charge is 0.245 e. The summed E-state index contributed by atoms with van der Waals surface area (Å²) in [6.45, 7) is 2.98. The first-order chi connectivity index (χ1) is 12.2. The number of morpholine rings is 1. The van der Waals surface area contributed by atoms with Gasteiger partial charge in [0, 0.05) is 32.5 Å². The Kier molecular flexibility index (Phi) is 6.20. The van der Waals surface area contributed by atoms with Crippen molar-refractivity contribution < 1.29 is 19.1 Å². The molecule has 0 unspecified atom stereocenters. The van der Waals surface area contributed by atoms with Crippen LogP contribution in [0.25, 0.3) is 0 Å². The minimum Gasteiger partial charge on any atom is -0.378 e. The van der Waals surface area contributed by atoms with Crippen LogP contribution in [0, 0.1) is 0 Å². The van der Waals surface area contributed by atoms with E-state index >= 15 is 0 Å². The number of hydrogen-bond donors (Lipinski definition) is 0. The topological polar surface area (TPSA) is 66.9 Å². The van der Waals surface area contributed by atoms with Crippen LogP contribution < -0.4 is 0 Å². The molecule has 2 amide bonds. The molecule has 0 aliphatic carbocycles. The van der Waals surface area contributed by atoms with E-state index < -0.39 is 0 Å². The summed E-state index contributed by atoms with van der Waals surface area (Å²) in [6, 6.07) is 3.33. The molecule has 25 heavy (non-hydrogen) atoms. The van der Waals surface area contributed by atoms with Gasteiger partial charge in [0.15, 0.2) is 5.78 Å². The maximum Gasteiger partial charge on any atom is 0.245 e. The molecule has 0 bridgehead atoms. The predicted molar refractivity (Wildman–Crippen MR) is 94.6 cm³/mol. The van der Waals surface area contributed by atoms with Gasteiger partial charge >= 0.3 is 0 Å². The molecule has 2 saturated heterocycles. The highest BCUT2D eigenvalue weighted by Crippen LogP contribution is 2.22. The number of ketones is 1. The average Bonchev–Trinajstić information content (AvgIpc) is 3.33. The molecule has 3 heterocycles. The van der Waals surface area contributed by atoms with E-state index in [0.717, 1.165) is 17.7 Å². The van der Waals surface area contributed by atoms with Gasteiger partial charge in [-0.3, -0.25) is 14.4 Å². The number of thiophene rings is 1. The number of likely N-dealkylation sites (tertiary alicyclic amines) is 1. The summed E-state index contributed by atoms with van der Waals surface area (Å²) in [7, 11) is 0. The highest BCUT2D eigenvalue weighted by molar-refractivity contribution is 7.12. The second-order valence-electron chi connectivity index (χ2n) is 6.44. The molecule has 0 saturated carbocycles. The van der Waals surface area contributed by atoms with Crippen molar-refractivity contribution in [3.8, 4) is 0 Å². The molecule has 2 fully saturated rings. The number of Topliss-reactive ketones (excluding diaryl/α,β-unsaturated/α-hetero) is 1. The van der Waals surface area contributed by atoms with Gasteiger partial charge in [0.1, 0.15) is 6.04 Å². The van der Waals surface area contributed by atoms with E-state index in [4.69, 9.17) is 4.74 Å². The van der Waals surface area contributed by atoms with Crippen LogP contribution in [0.2, 0.25) is 0 Å². The zero-order chi connectivity index (χ0) is 17.6. The minimum absolute atomic E-state index is 0.0110. The fraction of sp³-hybridized carbons (Fsp3) is 0.611. The first-order valence-corrected chi connectivity index (χ1v) is 9.77. The quantitative estimate of drug-likeness (QED) is 0.724. The lowest BCUT2D eigenvalue weighted by atomic mass is 10.1.